The lowest BCUT2D eigenvalue weighted by Gasteiger charge is -2.09. The summed E-state index contributed by atoms with van der Waals surface area (Å²) in [6.45, 7) is 76.3. The van der Waals surface area contributed by atoms with Crippen molar-refractivity contribution in [2.45, 2.75) is 325 Å². The molecule has 8 heterocycles. The number of nitrogens with zero attached hydrogens (tertiary/aromatic N) is 13. The van der Waals surface area contributed by atoms with Crippen molar-refractivity contribution in [1.82, 2.24) is 63.8 Å². The summed E-state index contributed by atoms with van der Waals surface area (Å²) in [4.78, 5) is 2.72. The van der Waals surface area contributed by atoms with Gasteiger partial charge in [-0.05, 0) is 143 Å². The monoisotopic (exact) mass is 1320 g/mol. The summed E-state index contributed by atoms with van der Waals surface area (Å²) in [5.74, 6) is 9.13. The number of azo groups is 1. The molecular formula is C71H125N15O2S3. The summed E-state index contributed by atoms with van der Waals surface area (Å²) >= 11 is 4.49. The Morgan fingerprint density at radius 1 is 0.363 bits per heavy atom. The Labute approximate surface area is 564 Å². The van der Waals surface area contributed by atoms with E-state index in [0.29, 0.717) is 94.7 Å². The van der Waals surface area contributed by atoms with Crippen LogP contribution in [0.3, 0.4) is 0 Å². The highest BCUT2D eigenvalue weighted by atomic mass is 32.1. The highest BCUT2D eigenvalue weighted by Gasteiger charge is 2.22. The second-order valence-electron chi connectivity index (χ2n) is 28.7. The van der Waals surface area contributed by atoms with Crippen molar-refractivity contribution in [3.63, 3.8) is 0 Å². The Balaban J connectivity index is 0.000000520. The van der Waals surface area contributed by atoms with Crippen LogP contribution in [0.1, 0.15) is 399 Å². The number of aromatic amines is 2. The third-order valence-corrected chi connectivity index (χ3v) is 17.2. The predicted octanol–water partition coefficient (Wildman–Crippen LogP) is 22.8. The number of hydrogen-bond donors (Lipinski definition) is 2. The minimum Gasteiger partial charge on any atom is -0.361 e. The van der Waals surface area contributed by atoms with Crippen LogP contribution >= 0.6 is 34.8 Å². The van der Waals surface area contributed by atoms with Gasteiger partial charge < -0.3 is 4.52 Å². The number of aryl methyl sites for hydroxylation is 3. The van der Waals surface area contributed by atoms with E-state index in [9.17, 15) is 0 Å². The molecule has 2 N–H and O–H groups in total. The molecule has 1 aliphatic rings. The first kappa shape index (κ1) is 83.8. The molecular weight excluding hydrogens is 1190 g/mol. The Kier molecular flexibility index (Phi) is 37.6. The number of nitrogens with one attached hydrogen (secondary N) is 2. The fourth-order valence-corrected chi connectivity index (χ4v) is 12.7. The molecule has 91 heavy (non-hydrogen) atoms. The van der Waals surface area contributed by atoms with Gasteiger partial charge in [-0.15, -0.1) is 5.10 Å². The molecule has 514 valence electrons. The molecule has 7 aromatic rings. The molecule has 17 nitrogen and oxygen atoms in total. The fraction of sp³-hybridized carbons (Fsp3) is 0.732. The lowest BCUT2D eigenvalue weighted by Crippen LogP contribution is -2.01. The van der Waals surface area contributed by atoms with E-state index >= 15 is 0 Å². The first-order valence-corrected chi connectivity index (χ1v) is 36.0. The average Bonchev–Trinajstić information content (AvgIpc) is 3.45. The predicted molar refractivity (Wildman–Crippen MR) is 386 cm³/mol. The van der Waals surface area contributed by atoms with Crippen LogP contribution < -0.4 is 0 Å². The quantitative estimate of drug-likeness (QED) is 0.0919. The van der Waals surface area contributed by atoms with Gasteiger partial charge in [-0.25, -0.2) is 4.63 Å². The summed E-state index contributed by atoms with van der Waals surface area (Å²) < 4.78 is 26.8. The van der Waals surface area contributed by atoms with Crippen molar-refractivity contribution in [2.75, 3.05) is 6.54 Å². The van der Waals surface area contributed by atoms with Crippen molar-refractivity contribution in [3.8, 4) is 0 Å². The summed E-state index contributed by atoms with van der Waals surface area (Å²) in [5.41, 5.74) is 19.3. The standard InChI is InChI=1S/C10H18N2.C10H17NO.C10H17NS.C9H16N2.C8H15N3.C8H14N2O.2C8H14N2S/c1-6(2)9-8(5)11-12-10(9)7(3)4;2*1-6(2)9-8(5)12-11-10(9)7(3)4;1-6(2)8-5-10-11-9(8)7(3)4;2*1-5(2)7-8(6(3)4)10-11-9-7;1-5(2)7-8(6(3)4)11-10-9-7;1-5(2)7-8(6(3)4)10-11-9-7/h6-7H,1-5H3,(H,11,12);2*6-7H,1-5H3;6-7H,5H2,1-4H3;5-6H,1-4H3,(H,9,10,11);3*5-6H,1-4H3. The highest BCUT2D eigenvalue weighted by molar-refractivity contribution is 7.06. The van der Waals surface area contributed by atoms with Crippen molar-refractivity contribution < 1.29 is 9.15 Å². The van der Waals surface area contributed by atoms with Crippen molar-refractivity contribution >= 4 is 34.8 Å². The van der Waals surface area contributed by atoms with Crippen LogP contribution in [0.25, 0.3) is 0 Å². The highest BCUT2D eigenvalue weighted by Crippen LogP contribution is 2.33. The Hall–Kier alpha value is -5.21. The molecule has 0 amide bonds. The maximum Gasteiger partial charge on any atom is 0.137 e. The van der Waals surface area contributed by atoms with E-state index in [1.807, 2.05) is 6.92 Å². The number of allylic oxidation sites excluding steroid dienone is 1. The number of aromatic nitrogens is 13. The zero-order chi connectivity index (χ0) is 70.1. The van der Waals surface area contributed by atoms with E-state index in [2.05, 4.69) is 314 Å². The van der Waals surface area contributed by atoms with E-state index < -0.39 is 0 Å². The molecule has 0 unspecified atom stereocenters. The smallest absolute Gasteiger partial charge is 0.137 e. The van der Waals surface area contributed by atoms with Crippen molar-refractivity contribution in [1.29, 1.82) is 0 Å². The summed E-state index contributed by atoms with van der Waals surface area (Å²) in [6.07, 6.45) is 0. The van der Waals surface area contributed by atoms with Crippen LogP contribution in [-0.2, 0) is 0 Å². The Bertz CT molecular complexity index is 2720. The van der Waals surface area contributed by atoms with Crippen LogP contribution in [0.2, 0.25) is 0 Å². The molecule has 0 fully saturated rings. The normalized spacial score (nSPS) is 12.3. The van der Waals surface area contributed by atoms with Gasteiger partial charge in [-0.3, -0.25) is 5.10 Å². The van der Waals surface area contributed by atoms with Crippen molar-refractivity contribution in [3.05, 3.63) is 106 Å². The van der Waals surface area contributed by atoms with Gasteiger partial charge in [0.15, 0.2) is 0 Å². The minimum atomic E-state index is 0.402. The first-order valence-electron chi connectivity index (χ1n) is 33.7. The maximum atomic E-state index is 5.17. The van der Waals surface area contributed by atoms with Gasteiger partial charge in [-0.1, -0.05) is 242 Å². The minimum absolute atomic E-state index is 0.402. The summed E-state index contributed by atoms with van der Waals surface area (Å²) in [6, 6.07) is 0. The summed E-state index contributed by atoms with van der Waals surface area (Å²) in [7, 11) is 0. The lowest BCUT2D eigenvalue weighted by atomic mass is 9.96. The molecule has 0 radical (unpaired) electrons. The van der Waals surface area contributed by atoms with Crippen LogP contribution in [0, 0.1) is 32.6 Å². The van der Waals surface area contributed by atoms with E-state index in [1.54, 1.807) is 11.5 Å². The van der Waals surface area contributed by atoms with Gasteiger partial charge in [-0.2, -0.15) is 43.9 Å². The Morgan fingerprint density at radius 3 is 1.11 bits per heavy atom. The zero-order valence-electron chi connectivity index (χ0n) is 63.3. The SMILES string of the molecule is CC(C)C1=C(C(C)C)N=NC1.CC(C)c1n[nH]nc1C(C)C.CC(C)c1nnsc1C(C)C.CC(C)c1nonc1C(C)C.CC(C)c1nsnc1C(C)C.Cc1[nH]nc(C(C)C)c1C(C)C.Cc1onc(C(C)C)c1C(C)C.Cc1snc(C(C)C)c1C(C)C. The maximum absolute atomic E-state index is 5.17. The molecule has 0 saturated heterocycles. The number of hydrogen-bond acceptors (Lipinski definition) is 18. The van der Waals surface area contributed by atoms with Gasteiger partial charge in [0.25, 0.3) is 0 Å². The van der Waals surface area contributed by atoms with Gasteiger partial charge >= 0.3 is 0 Å². The molecule has 0 atom stereocenters. The fourth-order valence-electron chi connectivity index (χ4n) is 10.1. The van der Waals surface area contributed by atoms with Gasteiger partial charge in [0.2, 0.25) is 0 Å². The lowest BCUT2D eigenvalue weighted by molar-refractivity contribution is 0.298. The molecule has 0 aliphatic carbocycles. The third kappa shape index (κ3) is 26.6. The third-order valence-electron chi connectivity index (χ3n) is 14.8. The van der Waals surface area contributed by atoms with Gasteiger partial charge in [0, 0.05) is 28.0 Å². The molecule has 7 aromatic heterocycles. The topological polar surface area (TPSA) is 224 Å². The Morgan fingerprint density at radius 2 is 0.791 bits per heavy atom. The molecule has 8 rings (SSSR count). The first-order chi connectivity index (χ1) is 42.2. The van der Waals surface area contributed by atoms with E-state index in [4.69, 9.17) is 4.52 Å². The van der Waals surface area contributed by atoms with Crippen LogP contribution in [0.15, 0.2) is 30.7 Å². The zero-order valence-corrected chi connectivity index (χ0v) is 65.7. The average molecular weight is 1320 g/mol. The number of rotatable bonds is 16. The largest absolute Gasteiger partial charge is 0.361 e. The molecule has 0 spiro atoms. The molecule has 0 saturated carbocycles. The second kappa shape index (κ2) is 40.8. The van der Waals surface area contributed by atoms with Crippen LogP contribution in [0.4, 0.5) is 0 Å². The summed E-state index contributed by atoms with van der Waals surface area (Å²) in [5, 5.41) is 42.3. The molecule has 0 aromatic carbocycles. The van der Waals surface area contributed by atoms with Gasteiger partial charge in [0.05, 0.1) is 74.4 Å². The van der Waals surface area contributed by atoms with E-state index in [-0.39, 0.29) is 0 Å². The van der Waals surface area contributed by atoms with Crippen LogP contribution in [0.5, 0.6) is 0 Å². The second-order valence-corrected chi connectivity index (χ2v) is 31.0. The molecule has 20 heteroatoms. The van der Waals surface area contributed by atoms with Crippen LogP contribution in [-0.4, -0.2) is 70.3 Å². The van der Waals surface area contributed by atoms with E-state index in [1.165, 1.54) is 95.1 Å². The van der Waals surface area contributed by atoms with Crippen molar-refractivity contribution in [2.24, 2.45) is 22.1 Å². The molecule has 1 aliphatic heterocycles. The molecule has 0 bridgehead atoms. The van der Waals surface area contributed by atoms with Gasteiger partial charge in [0.1, 0.15) is 17.1 Å². The number of H-pyrrole nitrogens is 2. The van der Waals surface area contributed by atoms with E-state index in [0.717, 1.165) is 40.8 Å².